The van der Waals surface area contributed by atoms with Gasteiger partial charge in [0, 0.05) is 6.42 Å². The molecular weight excluding hydrogens is 327 g/mol. The predicted molar refractivity (Wildman–Crippen MR) is 93.4 cm³/mol. The summed E-state index contributed by atoms with van der Waals surface area (Å²) in [5, 5.41) is 8.95. The van der Waals surface area contributed by atoms with Crippen molar-refractivity contribution in [2.75, 3.05) is 13.2 Å². The third-order valence-electron chi connectivity index (χ3n) is 3.69. The normalized spacial score (nSPS) is 11.5. The van der Waals surface area contributed by atoms with Gasteiger partial charge in [0.05, 0.1) is 12.8 Å². The number of hydrogen-bond acceptors (Lipinski definition) is 3. The molecule has 5 nitrogen and oxygen atoms in total. The van der Waals surface area contributed by atoms with Gasteiger partial charge in [-0.1, -0.05) is 43.3 Å². The van der Waals surface area contributed by atoms with Crippen LogP contribution in [0.1, 0.15) is 29.2 Å². The standard InChI is InChI=1S/C18H23O5P/c1-2-14-3-5-15(6-4-14)11-17-12-16(13-24(20,21)22)7-8-18(17)23-10-9-19/h3-8,12,19H,2,9-11,13H2,1H3,(H2,20,21,22). The zero-order chi connectivity index (χ0) is 17.6. The second-order valence-corrected chi connectivity index (χ2v) is 7.33. The molecule has 0 atom stereocenters. The number of aliphatic hydroxyl groups is 1. The number of rotatable bonds is 8. The van der Waals surface area contributed by atoms with E-state index in [-0.39, 0.29) is 19.4 Å². The molecule has 0 aliphatic rings. The maximum atomic E-state index is 11.2. The monoisotopic (exact) mass is 350 g/mol. The molecule has 3 N–H and O–H groups in total. The lowest BCUT2D eigenvalue weighted by Gasteiger charge is -2.14. The van der Waals surface area contributed by atoms with Gasteiger partial charge >= 0.3 is 7.60 Å². The van der Waals surface area contributed by atoms with Crippen LogP contribution in [0.4, 0.5) is 0 Å². The van der Waals surface area contributed by atoms with E-state index in [1.807, 2.05) is 12.1 Å². The van der Waals surface area contributed by atoms with Crippen LogP contribution in [0.5, 0.6) is 5.75 Å². The van der Waals surface area contributed by atoms with E-state index >= 15 is 0 Å². The number of ether oxygens (including phenoxy) is 1. The van der Waals surface area contributed by atoms with Crippen molar-refractivity contribution in [3.05, 3.63) is 64.7 Å². The Hall–Kier alpha value is -1.65. The molecule has 0 bridgehead atoms. The number of aryl methyl sites for hydroxylation is 1. The molecular formula is C18H23O5P. The Morgan fingerprint density at radius 1 is 1.00 bits per heavy atom. The SMILES string of the molecule is CCc1ccc(Cc2cc(CP(=O)(O)O)ccc2OCCO)cc1. The van der Waals surface area contributed by atoms with E-state index in [4.69, 9.17) is 19.6 Å². The summed E-state index contributed by atoms with van der Waals surface area (Å²) in [7, 11) is -4.12. The molecule has 0 aliphatic heterocycles. The molecule has 0 radical (unpaired) electrons. The van der Waals surface area contributed by atoms with Crippen LogP contribution in [-0.2, 0) is 23.6 Å². The fourth-order valence-electron chi connectivity index (χ4n) is 2.52. The molecule has 2 aromatic rings. The van der Waals surface area contributed by atoms with Gasteiger partial charge in [-0.25, -0.2) is 0 Å². The summed E-state index contributed by atoms with van der Waals surface area (Å²) in [4.78, 5) is 18.3. The third-order valence-corrected chi connectivity index (χ3v) is 4.47. The Labute approximate surface area is 142 Å². The summed E-state index contributed by atoms with van der Waals surface area (Å²) in [6.45, 7) is 2.19. The minimum absolute atomic E-state index is 0.0884. The Morgan fingerprint density at radius 2 is 1.62 bits per heavy atom. The molecule has 2 aromatic carbocycles. The van der Waals surface area contributed by atoms with Crippen LogP contribution < -0.4 is 4.74 Å². The zero-order valence-electron chi connectivity index (χ0n) is 13.7. The van der Waals surface area contributed by atoms with E-state index in [0.29, 0.717) is 17.7 Å². The highest BCUT2D eigenvalue weighted by Gasteiger charge is 2.16. The minimum Gasteiger partial charge on any atom is -0.491 e. The van der Waals surface area contributed by atoms with Crippen LogP contribution in [0.3, 0.4) is 0 Å². The lowest BCUT2D eigenvalue weighted by atomic mass is 10.0. The van der Waals surface area contributed by atoms with Gasteiger partial charge in [0.15, 0.2) is 0 Å². The molecule has 0 heterocycles. The summed E-state index contributed by atoms with van der Waals surface area (Å²) in [6, 6.07) is 13.4. The van der Waals surface area contributed by atoms with Gasteiger partial charge in [0.1, 0.15) is 12.4 Å². The molecule has 0 saturated heterocycles. The van der Waals surface area contributed by atoms with Crippen LogP contribution in [0.25, 0.3) is 0 Å². The summed E-state index contributed by atoms with van der Waals surface area (Å²) >= 11 is 0. The van der Waals surface area contributed by atoms with Gasteiger partial charge < -0.3 is 19.6 Å². The lowest BCUT2D eigenvalue weighted by Crippen LogP contribution is -2.05. The average molecular weight is 350 g/mol. The Kier molecular flexibility index (Phi) is 6.58. The molecule has 0 amide bonds. The van der Waals surface area contributed by atoms with Crippen molar-refractivity contribution in [3.8, 4) is 5.75 Å². The zero-order valence-corrected chi connectivity index (χ0v) is 14.6. The van der Waals surface area contributed by atoms with Crippen LogP contribution in [-0.4, -0.2) is 28.1 Å². The van der Waals surface area contributed by atoms with Crippen molar-refractivity contribution >= 4 is 7.60 Å². The van der Waals surface area contributed by atoms with Gasteiger partial charge in [-0.15, -0.1) is 0 Å². The largest absolute Gasteiger partial charge is 0.491 e. The molecule has 2 rings (SSSR count). The van der Waals surface area contributed by atoms with E-state index < -0.39 is 7.60 Å². The van der Waals surface area contributed by atoms with Gasteiger partial charge in [0.25, 0.3) is 0 Å². The number of benzene rings is 2. The fourth-order valence-corrected chi connectivity index (χ4v) is 3.19. The molecule has 0 unspecified atom stereocenters. The first-order chi connectivity index (χ1) is 11.4. The highest BCUT2D eigenvalue weighted by atomic mass is 31.2. The summed E-state index contributed by atoms with van der Waals surface area (Å²) < 4.78 is 16.8. The molecule has 6 heteroatoms. The fraction of sp³-hybridized carbons (Fsp3) is 0.333. The molecule has 0 spiro atoms. The molecule has 0 aromatic heterocycles. The average Bonchev–Trinajstić information content (AvgIpc) is 2.53. The highest BCUT2D eigenvalue weighted by molar-refractivity contribution is 7.50. The van der Waals surface area contributed by atoms with Crippen molar-refractivity contribution in [1.29, 1.82) is 0 Å². The maximum Gasteiger partial charge on any atom is 0.329 e. The van der Waals surface area contributed by atoms with Crippen LogP contribution in [0, 0.1) is 0 Å². The first kappa shape index (κ1) is 18.7. The maximum absolute atomic E-state index is 11.2. The van der Waals surface area contributed by atoms with E-state index in [1.54, 1.807) is 18.2 Å². The van der Waals surface area contributed by atoms with Crippen molar-refractivity contribution in [1.82, 2.24) is 0 Å². The minimum atomic E-state index is -4.12. The molecule has 0 saturated carbocycles. The van der Waals surface area contributed by atoms with Crippen LogP contribution in [0.2, 0.25) is 0 Å². The second kappa shape index (κ2) is 8.45. The van der Waals surface area contributed by atoms with Gasteiger partial charge in [-0.3, -0.25) is 4.57 Å². The van der Waals surface area contributed by atoms with Crippen LogP contribution >= 0.6 is 7.60 Å². The number of hydrogen-bond donors (Lipinski definition) is 3. The van der Waals surface area contributed by atoms with Gasteiger partial charge in [-0.05, 0) is 34.7 Å². The third kappa shape index (κ3) is 5.77. The topological polar surface area (TPSA) is 87.0 Å². The van der Waals surface area contributed by atoms with Crippen molar-refractivity contribution in [3.63, 3.8) is 0 Å². The van der Waals surface area contributed by atoms with E-state index in [0.717, 1.165) is 17.5 Å². The molecule has 24 heavy (non-hydrogen) atoms. The summed E-state index contributed by atoms with van der Waals surface area (Å²) in [5.41, 5.74) is 3.76. The quantitative estimate of drug-likeness (QED) is 0.637. The number of aliphatic hydroxyl groups excluding tert-OH is 1. The lowest BCUT2D eigenvalue weighted by molar-refractivity contribution is 0.200. The van der Waals surface area contributed by atoms with E-state index in [2.05, 4.69) is 19.1 Å². The van der Waals surface area contributed by atoms with Crippen molar-refractivity contribution in [2.45, 2.75) is 25.9 Å². The van der Waals surface area contributed by atoms with E-state index in [9.17, 15) is 4.57 Å². The first-order valence-corrected chi connectivity index (χ1v) is 9.69. The molecule has 130 valence electrons. The Morgan fingerprint density at radius 3 is 2.21 bits per heavy atom. The molecule has 0 fully saturated rings. The second-order valence-electron chi connectivity index (χ2n) is 5.68. The smallest absolute Gasteiger partial charge is 0.329 e. The van der Waals surface area contributed by atoms with Gasteiger partial charge in [0.2, 0.25) is 0 Å². The first-order valence-electron chi connectivity index (χ1n) is 7.89. The Balaban J connectivity index is 2.27. The molecule has 0 aliphatic carbocycles. The van der Waals surface area contributed by atoms with Crippen molar-refractivity contribution < 1.29 is 24.2 Å². The summed E-state index contributed by atoms with van der Waals surface area (Å²) in [5.74, 6) is 0.623. The highest BCUT2D eigenvalue weighted by Crippen LogP contribution is 2.40. The van der Waals surface area contributed by atoms with Crippen LogP contribution in [0.15, 0.2) is 42.5 Å². The van der Waals surface area contributed by atoms with E-state index in [1.165, 1.54) is 5.56 Å². The Bertz CT molecular complexity index is 706. The van der Waals surface area contributed by atoms with Crippen molar-refractivity contribution in [2.24, 2.45) is 0 Å². The van der Waals surface area contributed by atoms with Gasteiger partial charge in [-0.2, -0.15) is 0 Å². The predicted octanol–water partition coefficient (Wildman–Crippen LogP) is 2.89. The summed E-state index contributed by atoms with van der Waals surface area (Å²) in [6.07, 6.45) is 1.28.